The number of unbranched alkanes of at least 4 members (excludes halogenated alkanes) is 3. The predicted molar refractivity (Wildman–Crippen MR) is 92.6 cm³/mol. The average Bonchev–Trinajstić information content (AvgIpc) is 2.89. The predicted octanol–water partition coefficient (Wildman–Crippen LogP) is 4.89. The van der Waals surface area contributed by atoms with Gasteiger partial charge < -0.3 is 9.88 Å². The monoisotopic (exact) mass is 284 g/mol. The van der Waals surface area contributed by atoms with Crippen LogP contribution in [0.15, 0.2) is 43.1 Å². The number of nitrogens with one attached hydrogen (secondary N) is 1. The Hall–Kier alpha value is -1.54. The lowest BCUT2D eigenvalue weighted by atomic mass is 10.1. The molecular weight excluding hydrogens is 256 g/mol. The molecule has 0 aliphatic heterocycles. The van der Waals surface area contributed by atoms with Crippen molar-refractivity contribution in [2.75, 3.05) is 0 Å². The van der Waals surface area contributed by atoms with Gasteiger partial charge in [-0.25, -0.2) is 0 Å². The van der Waals surface area contributed by atoms with E-state index >= 15 is 0 Å². The Bertz CT molecular complexity index is 566. The summed E-state index contributed by atoms with van der Waals surface area (Å²) in [7, 11) is 0. The van der Waals surface area contributed by atoms with E-state index in [1.165, 1.54) is 35.7 Å². The summed E-state index contributed by atoms with van der Waals surface area (Å²) in [5.41, 5.74) is 2.80. The van der Waals surface area contributed by atoms with Crippen LogP contribution in [0.25, 0.3) is 10.9 Å². The molecule has 1 aromatic carbocycles. The van der Waals surface area contributed by atoms with E-state index in [-0.39, 0.29) is 0 Å². The second-order valence-electron chi connectivity index (χ2n) is 6.04. The van der Waals surface area contributed by atoms with Gasteiger partial charge in [-0.3, -0.25) is 0 Å². The molecule has 21 heavy (non-hydrogen) atoms. The second kappa shape index (κ2) is 8.04. The van der Waals surface area contributed by atoms with E-state index in [0.29, 0.717) is 6.04 Å². The fraction of sp³-hybridized carbons (Fsp3) is 0.474. The minimum atomic E-state index is 0.516. The Balaban J connectivity index is 2.07. The molecule has 1 N–H and O–H groups in total. The Morgan fingerprint density at radius 1 is 1.19 bits per heavy atom. The first-order valence-corrected chi connectivity index (χ1v) is 8.13. The van der Waals surface area contributed by atoms with E-state index < -0.39 is 0 Å². The van der Waals surface area contributed by atoms with Crippen molar-refractivity contribution in [3.8, 4) is 0 Å². The van der Waals surface area contributed by atoms with Crippen molar-refractivity contribution in [1.29, 1.82) is 0 Å². The smallest absolute Gasteiger partial charge is 0.0525 e. The summed E-state index contributed by atoms with van der Waals surface area (Å²) in [6, 6.07) is 9.36. The van der Waals surface area contributed by atoms with Crippen molar-refractivity contribution in [2.45, 2.75) is 58.7 Å². The van der Waals surface area contributed by atoms with Crippen LogP contribution in [0.3, 0.4) is 0 Å². The van der Waals surface area contributed by atoms with Gasteiger partial charge in [-0.15, -0.1) is 6.58 Å². The molecule has 0 bridgehead atoms. The number of para-hydroxylation sites is 1. The zero-order valence-electron chi connectivity index (χ0n) is 13.4. The van der Waals surface area contributed by atoms with Crippen LogP contribution < -0.4 is 5.32 Å². The van der Waals surface area contributed by atoms with Gasteiger partial charge in [-0.1, -0.05) is 44.5 Å². The Morgan fingerprint density at radius 2 is 2.05 bits per heavy atom. The maximum Gasteiger partial charge on any atom is 0.0525 e. The van der Waals surface area contributed by atoms with Crippen molar-refractivity contribution in [3.63, 3.8) is 0 Å². The number of nitrogens with zero attached hydrogens (tertiary/aromatic N) is 1. The van der Waals surface area contributed by atoms with Gasteiger partial charge in [0.25, 0.3) is 0 Å². The molecule has 0 fully saturated rings. The maximum atomic E-state index is 3.78. The summed E-state index contributed by atoms with van der Waals surface area (Å²) in [5, 5.41) is 4.88. The van der Waals surface area contributed by atoms with Gasteiger partial charge in [0.15, 0.2) is 0 Å². The molecule has 0 aliphatic carbocycles. The number of benzene rings is 1. The van der Waals surface area contributed by atoms with Gasteiger partial charge in [0.1, 0.15) is 0 Å². The summed E-state index contributed by atoms with van der Waals surface area (Å²) in [4.78, 5) is 0. The first-order valence-electron chi connectivity index (χ1n) is 8.13. The number of hydrogen-bond acceptors (Lipinski definition) is 1. The van der Waals surface area contributed by atoms with E-state index in [1.54, 1.807) is 0 Å². The largest absolute Gasteiger partial charge is 0.347 e. The van der Waals surface area contributed by atoms with Crippen molar-refractivity contribution in [3.05, 3.63) is 48.7 Å². The molecule has 2 heteroatoms. The van der Waals surface area contributed by atoms with Gasteiger partial charge in [-0.2, -0.15) is 0 Å². The van der Waals surface area contributed by atoms with E-state index in [0.717, 1.165) is 19.5 Å². The fourth-order valence-corrected chi connectivity index (χ4v) is 2.73. The van der Waals surface area contributed by atoms with E-state index in [4.69, 9.17) is 0 Å². The van der Waals surface area contributed by atoms with Gasteiger partial charge in [-0.05, 0) is 36.3 Å². The van der Waals surface area contributed by atoms with Crippen molar-refractivity contribution >= 4 is 10.9 Å². The van der Waals surface area contributed by atoms with E-state index in [1.807, 2.05) is 6.08 Å². The SMILES string of the molecule is C=CCCCCCn1ccc2cccc(CNC(C)C)c21. The number of rotatable bonds is 9. The molecule has 0 spiro atoms. The van der Waals surface area contributed by atoms with Crippen LogP contribution in [0.1, 0.15) is 45.1 Å². The Morgan fingerprint density at radius 3 is 2.81 bits per heavy atom. The minimum absolute atomic E-state index is 0.516. The standard InChI is InChI=1S/C19H28N2/c1-4-5-6-7-8-13-21-14-12-17-10-9-11-18(19(17)21)15-20-16(2)3/h4,9-12,14,16,20H,1,5-8,13,15H2,2-3H3. The molecule has 2 nitrogen and oxygen atoms in total. The minimum Gasteiger partial charge on any atom is -0.347 e. The highest BCUT2D eigenvalue weighted by molar-refractivity contribution is 5.83. The highest BCUT2D eigenvalue weighted by Gasteiger charge is 2.06. The Kier molecular flexibility index (Phi) is 6.06. The molecule has 0 unspecified atom stereocenters. The van der Waals surface area contributed by atoms with Crippen molar-refractivity contribution < 1.29 is 0 Å². The lowest BCUT2D eigenvalue weighted by Gasteiger charge is -2.12. The molecule has 0 radical (unpaired) electrons. The molecule has 2 rings (SSSR count). The summed E-state index contributed by atoms with van der Waals surface area (Å²) in [6.07, 6.45) is 9.15. The average molecular weight is 284 g/mol. The first-order chi connectivity index (χ1) is 10.2. The maximum absolute atomic E-state index is 3.78. The lowest BCUT2D eigenvalue weighted by molar-refractivity contribution is 0.583. The van der Waals surface area contributed by atoms with Crippen LogP contribution in [0, 0.1) is 0 Å². The van der Waals surface area contributed by atoms with Crippen molar-refractivity contribution in [1.82, 2.24) is 9.88 Å². The van der Waals surface area contributed by atoms with E-state index in [2.05, 4.69) is 60.8 Å². The fourth-order valence-electron chi connectivity index (χ4n) is 2.73. The third-order valence-electron chi connectivity index (χ3n) is 3.88. The lowest BCUT2D eigenvalue weighted by Crippen LogP contribution is -2.22. The third-order valence-corrected chi connectivity index (χ3v) is 3.88. The quantitative estimate of drug-likeness (QED) is 0.512. The van der Waals surface area contributed by atoms with E-state index in [9.17, 15) is 0 Å². The molecule has 0 saturated heterocycles. The van der Waals surface area contributed by atoms with Crippen molar-refractivity contribution in [2.24, 2.45) is 0 Å². The molecule has 1 heterocycles. The van der Waals surface area contributed by atoms with Gasteiger partial charge in [0.05, 0.1) is 5.52 Å². The number of hydrogen-bond donors (Lipinski definition) is 1. The van der Waals surface area contributed by atoms with Crippen LogP contribution in [0.4, 0.5) is 0 Å². The zero-order chi connectivity index (χ0) is 15.1. The first kappa shape index (κ1) is 15.8. The molecule has 0 aliphatic rings. The number of fused-ring (bicyclic) bond motifs is 1. The summed E-state index contributed by atoms with van der Waals surface area (Å²) >= 11 is 0. The summed E-state index contributed by atoms with van der Waals surface area (Å²) in [5.74, 6) is 0. The van der Waals surface area contributed by atoms with Crippen LogP contribution in [0.5, 0.6) is 0 Å². The van der Waals surface area contributed by atoms with Crippen LogP contribution in [-0.4, -0.2) is 10.6 Å². The number of aryl methyl sites for hydroxylation is 1. The summed E-state index contributed by atoms with van der Waals surface area (Å²) in [6.45, 7) is 10.2. The second-order valence-corrected chi connectivity index (χ2v) is 6.04. The van der Waals surface area contributed by atoms with Gasteiger partial charge in [0.2, 0.25) is 0 Å². The molecule has 0 saturated carbocycles. The van der Waals surface area contributed by atoms with Crippen LogP contribution >= 0.6 is 0 Å². The van der Waals surface area contributed by atoms with Gasteiger partial charge in [0, 0.05) is 25.3 Å². The molecule has 1 aromatic heterocycles. The molecule has 0 atom stereocenters. The number of allylic oxidation sites excluding steroid dienone is 1. The normalized spacial score (nSPS) is 11.4. The Labute approximate surface area is 128 Å². The zero-order valence-corrected chi connectivity index (χ0v) is 13.4. The molecule has 114 valence electrons. The third kappa shape index (κ3) is 4.47. The molecule has 2 aromatic rings. The molecular formula is C19H28N2. The summed E-state index contributed by atoms with van der Waals surface area (Å²) < 4.78 is 2.42. The highest BCUT2D eigenvalue weighted by Crippen LogP contribution is 2.21. The van der Waals surface area contributed by atoms with Crippen LogP contribution in [0.2, 0.25) is 0 Å². The van der Waals surface area contributed by atoms with Crippen LogP contribution in [-0.2, 0) is 13.1 Å². The van der Waals surface area contributed by atoms with Gasteiger partial charge >= 0.3 is 0 Å². The number of aromatic nitrogens is 1. The molecule has 0 amide bonds. The topological polar surface area (TPSA) is 17.0 Å². The highest BCUT2D eigenvalue weighted by atomic mass is 15.0.